The summed E-state index contributed by atoms with van der Waals surface area (Å²) >= 11 is 7.56. The molecule has 1 aromatic heterocycles. The Labute approximate surface area is 143 Å². The van der Waals surface area contributed by atoms with E-state index in [4.69, 9.17) is 4.74 Å². The van der Waals surface area contributed by atoms with E-state index in [0.29, 0.717) is 5.75 Å². The summed E-state index contributed by atoms with van der Waals surface area (Å²) in [5.41, 5.74) is 0.718. The van der Waals surface area contributed by atoms with E-state index >= 15 is 0 Å². The topological polar surface area (TPSA) is 64.1 Å². The summed E-state index contributed by atoms with van der Waals surface area (Å²) in [7, 11) is 1.60. The quantitative estimate of drug-likeness (QED) is 0.737. The van der Waals surface area contributed by atoms with Gasteiger partial charge < -0.3 is 10.1 Å². The Bertz CT molecular complexity index is 636. The summed E-state index contributed by atoms with van der Waals surface area (Å²) in [6.45, 7) is 0. The molecule has 1 amide bonds. The van der Waals surface area contributed by atoms with Crippen LogP contribution in [0.2, 0.25) is 0 Å². The first-order valence-corrected chi connectivity index (χ1v) is 9.54. The number of hydrogen-bond donors (Lipinski definition) is 1. The Balaban J connectivity index is 1.88. The van der Waals surface area contributed by atoms with Gasteiger partial charge in [0.25, 0.3) is 0 Å². The van der Waals surface area contributed by atoms with Crippen molar-refractivity contribution in [1.29, 1.82) is 0 Å². The summed E-state index contributed by atoms with van der Waals surface area (Å²) in [6, 6.07) is 5.39. The SMILES string of the molecule is COc1ccc(NC(=O)CSc2nc(SC)ns2)cc1Br. The van der Waals surface area contributed by atoms with Crippen LogP contribution < -0.4 is 10.1 Å². The molecule has 0 aliphatic rings. The van der Waals surface area contributed by atoms with E-state index in [-0.39, 0.29) is 5.91 Å². The fraction of sp³-hybridized carbons (Fsp3) is 0.250. The molecule has 21 heavy (non-hydrogen) atoms. The fourth-order valence-corrected chi connectivity index (χ4v) is 3.96. The average molecular weight is 406 g/mol. The number of benzene rings is 1. The monoisotopic (exact) mass is 405 g/mol. The Hall–Kier alpha value is -0.770. The highest BCUT2D eigenvalue weighted by Crippen LogP contribution is 2.28. The van der Waals surface area contributed by atoms with Crippen molar-refractivity contribution in [3.05, 3.63) is 22.7 Å². The van der Waals surface area contributed by atoms with E-state index in [2.05, 4.69) is 30.6 Å². The number of nitrogens with zero attached hydrogens (tertiary/aromatic N) is 2. The van der Waals surface area contributed by atoms with Gasteiger partial charge in [-0.3, -0.25) is 4.79 Å². The summed E-state index contributed by atoms with van der Waals surface area (Å²) in [5, 5.41) is 3.57. The highest BCUT2D eigenvalue weighted by Gasteiger charge is 2.09. The van der Waals surface area contributed by atoms with Crippen LogP contribution in [0.15, 0.2) is 32.2 Å². The molecule has 1 N–H and O–H groups in total. The van der Waals surface area contributed by atoms with Gasteiger partial charge in [0.2, 0.25) is 11.1 Å². The number of rotatable bonds is 6. The molecular formula is C12H12BrN3O2S3. The van der Waals surface area contributed by atoms with Crippen molar-refractivity contribution < 1.29 is 9.53 Å². The predicted octanol–water partition coefficient (Wildman–Crippen LogP) is 3.76. The molecule has 0 saturated heterocycles. The number of halogens is 1. The molecule has 0 unspecified atom stereocenters. The Morgan fingerprint density at radius 1 is 1.52 bits per heavy atom. The van der Waals surface area contributed by atoms with Crippen LogP contribution in [-0.4, -0.2) is 34.4 Å². The van der Waals surface area contributed by atoms with Gasteiger partial charge in [0.15, 0.2) is 4.34 Å². The Morgan fingerprint density at radius 2 is 2.33 bits per heavy atom. The van der Waals surface area contributed by atoms with Gasteiger partial charge in [-0.15, -0.1) is 0 Å². The van der Waals surface area contributed by atoms with Crippen molar-refractivity contribution >= 4 is 62.6 Å². The zero-order valence-electron chi connectivity index (χ0n) is 11.3. The van der Waals surface area contributed by atoms with E-state index in [1.54, 1.807) is 25.3 Å². The predicted molar refractivity (Wildman–Crippen MR) is 91.7 cm³/mol. The first-order valence-electron chi connectivity index (χ1n) is 5.76. The second kappa shape index (κ2) is 8.02. The van der Waals surface area contributed by atoms with E-state index < -0.39 is 0 Å². The maximum Gasteiger partial charge on any atom is 0.234 e. The van der Waals surface area contributed by atoms with Crippen LogP contribution in [0.5, 0.6) is 5.75 Å². The minimum absolute atomic E-state index is 0.0852. The molecule has 2 aromatic rings. The maximum atomic E-state index is 11.9. The van der Waals surface area contributed by atoms with Gasteiger partial charge in [0.05, 0.1) is 17.3 Å². The van der Waals surface area contributed by atoms with Gasteiger partial charge in [-0.05, 0) is 51.9 Å². The molecule has 0 aliphatic heterocycles. The molecule has 0 aliphatic carbocycles. The number of thioether (sulfide) groups is 2. The van der Waals surface area contributed by atoms with Gasteiger partial charge in [-0.2, -0.15) is 4.37 Å². The summed E-state index contributed by atoms with van der Waals surface area (Å²) in [5.74, 6) is 0.936. The molecule has 0 spiro atoms. The van der Waals surface area contributed by atoms with E-state index in [1.165, 1.54) is 35.1 Å². The number of hydrogen-bond acceptors (Lipinski definition) is 7. The molecular weight excluding hydrogens is 394 g/mol. The third-order valence-electron chi connectivity index (χ3n) is 2.33. The molecule has 1 aromatic carbocycles. The molecule has 112 valence electrons. The van der Waals surface area contributed by atoms with Crippen molar-refractivity contribution in [3.8, 4) is 5.75 Å². The van der Waals surface area contributed by atoms with Crippen molar-refractivity contribution in [2.75, 3.05) is 24.4 Å². The number of anilines is 1. The molecule has 0 radical (unpaired) electrons. The molecule has 0 fully saturated rings. The van der Waals surface area contributed by atoms with E-state index in [0.717, 1.165) is 25.4 Å². The van der Waals surface area contributed by atoms with Crippen LogP contribution in [0.25, 0.3) is 0 Å². The van der Waals surface area contributed by atoms with Gasteiger partial charge in [0.1, 0.15) is 5.75 Å². The second-order valence-electron chi connectivity index (χ2n) is 3.73. The lowest BCUT2D eigenvalue weighted by Crippen LogP contribution is -2.13. The van der Waals surface area contributed by atoms with E-state index in [1.807, 2.05) is 6.26 Å². The van der Waals surface area contributed by atoms with Gasteiger partial charge in [-0.25, -0.2) is 4.98 Å². The third kappa shape index (κ3) is 4.87. The van der Waals surface area contributed by atoms with Crippen LogP contribution in [0.1, 0.15) is 0 Å². The molecule has 1 heterocycles. The van der Waals surface area contributed by atoms with Gasteiger partial charge in [-0.1, -0.05) is 23.5 Å². The Kier molecular flexibility index (Phi) is 6.34. The highest BCUT2D eigenvalue weighted by molar-refractivity contribution is 9.10. The molecule has 5 nitrogen and oxygen atoms in total. The Morgan fingerprint density at radius 3 is 2.95 bits per heavy atom. The normalized spacial score (nSPS) is 10.4. The maximum absolute atomic E-state index is 11.9. The number of aromatic nitrogens is 2. The van der Waals surface area contributed by atoms with Crippen LogP contribution in [-0.2, 0) is 4.79 Å². The minimum atomic E-state index is -0.0852. The minimum Gasteiger partial charge on any atom is -0.496 e. The van der Waals surface area contributed by atoms with Gasteiger partial charge >= 0.3 is 0 Å². The van der Waals surface area contributed by atoms with Crippen LogP contribution >= 0.6 is 51.0 Å². The summed E-state index contributed by atoms with van der Waals surface area (Å²) in [4.78, 5) is 16.2. The number of nitrogens with one attached hydrogen (secondary N) is 1. The van der Waals surface area contributed by atoms with Crippen LogP contribution in [0.4, 0.5) is 5.69 Å². The van der Waals surface area contributed by atoms with E-state index in [9.17, 15) is 4.79 Å². The first-order chi connectivity index (χ1) is 10.1. The molecule has 0 atom stereocenters. The lowest BCUT2D eigenvalue weighted by atomic mass is 10.3. The van der Waals surface area contributed by atoms with Crippen molar-refractivity contribution in [2.45, 2.75) is 9.50 Å². The number of carbonyl (C=O) groups is 1. The number of ether oxygens (including phenoxy) is 1. The smallest absolute Gasteiger partial charge is 0.234 e. The van der Waals surface area contributed by atoms with Crippen LogP contribution in [0.3, 0.4) is 0 Å². The molecule has 0 saturated carbocycles. The zero-order valence-corrected chi connectivity index (χ0v) is 15.3. The number of methoxy groups -OCH3 is 1. The standard InChI is InChI=1S/C12H12BrN3O2S3/c1-18-9-4-3-7(5-8(9)13)14-10(17)6-20-12-15-11(19-2)16-21-12/h3-5H,6H2,1-2H3,(H,14,17). The number of amides is 1. The largest absolute Gasteiger partial charge is 0.496 e. The van der Waals surface area contributed by atoms with Crippen molar-refractivity contribution in [1.82, 2.24) is 9.36 Å². The fourth-order valence-electron chi connectivity index (χ4n) is 1.41. The van der Waals surface area contributed by atoms with Gasteiger partial charge in [0, 0.05) is 5.69 Å². The molecule has 9 heteroatoms. The third-order valence-corrected chi connectivity index (χ3v) is 5.45. The van der Waals surface area contributed by atoms with Crippen LogP contribution in [0, 0.1) is 0 Å². The summed E-state index contributed by atoms with van der Waals surface area (Å²) in [6.07, 6.45) is 1.92. The molecule has 2 rings (SSSR count). The summed E-state index contributed by atoms with van der Waals surface area (Å²) < 4.78 is 10.9. The first kappa shape index (κ1) is 16.6. The lowest BCUT2D eigenvalue weighted by Gasteiger charge is -2.07. The number of carbonyl (C=O) groups excluding carboxylic acids is 1. The zero-order chi connectivity index (χ0) is 15.2. The highest BCUT2D eigenvalue weighted by atomic mass is 79.9. The van der Waals surface area contributed by atoms with Crippen molar-refractivity contribution in [2.24, 2.45) is 0 Å². The lowest BCUT2D eigenvalue weighted by molar-refractivity contribution is -0.113. The van der Waals surface area contributed by atoms with Crippen molar-refractivity contribution in [3.63, 3.8) is 0 Å². The second-order valence-corrected chi connectivity index (χ2v) is 7.34. The molecule has 0 bridgehead atoms. The average Bonchev–Trinajstić information content (AvgIpc) is 2.93.